The number of carbonyl (C=O) groups is 1. The number of nitrogens with one attached hydrogen (secondary N) is 1. The van der Waals surface area contributed by atoms with Crippen molar-refractivity contribution < 1.29 is 19.0 Å². The molecule has 0 unspecified atom stereocenters. The summed E-state index contributed by atoms with van der Waals surface area (Å²) in [7, 11) is 0. The van der Waals surface area contributed by atoms with Crippen LogP contribution in [-0.2, 0) is 22.6 Å². The van der Waals surface area contributed by atoms with E-state index in [1.807, 2.05) is 25.1 Å². The van der Waals surface area contributed by atoms with E-state index in [2.05, 4.69) is 15.5 Å². The van der Waals surface area contributed by atoms with E-state index in [0.717, 1.165) is 5.56 Å². The topological polar surface area (TPSA) is 82.0 Å². The van der Waals surface area contributed by atoms with Crippen LogP contribution in [0.3, 0.4) is 0 Å². The highest BCUT2D eigenvalue weighted by molar-refractivity contribution is 7.13. The van der Waals surface area contributed by atoms with Gasteiger partial charge in [-0.1, -0.05) is 41.4 Å². The van der Waals surface area contributed by atoms with Crippen LogP contribution < -0.4 is 14.9 Å². The van der Waals surface area contributed by atoms with Gasteiger partial charge in [-0.15, -0.1) is 11.3 Å². The van der Waals surface area contributed by atoms with Crippen molar-refractivity contribution in [2.24, 2.45) is 5.10 Å². The van der Waals surface area contributed by atoms with Gasteiger partial charge in [-0.3, -0.25) is 10.2 Å². The van der Waals surface area contributed by atoms with Gasteiger partial charge in [-0.25, -0.2) is 4.98 Å². The van der Waals surface area contributed by atoms with Crippen molar-refractivity contribution in [2.75, 3.05) is 18.6 Å². The van der Waals surface area contributed by atoms with E-state index in [4.69, 9.17) is 37.4 Å². The number of benzene rings is 2. The molecule has 0 saturated carbocycles. The van der Waals surface area contributed by atoms with Crippen LogP contribution in [0.2, 0.25) is 10.0 Å². The molecule has 2 aromatic carbocycles. The van der Waals surface area contributed by atoms with Crippen LogP contribution in [0.4, 0.5) is 5.13 Å². The lowest BCUT2D eigenvalue weighted by atomic mass is 10.2. The van der Waals surface area contributed by atoms with Gasteiger partial charge < -0.3 is 14.2 Å². The number of esters is 1. The van der Waals surface area contributed by atoms with Crippen LogP contribution in [-0.4, -0.2) is 30.4 Å². The Morgan fingerprint density at radius 2 is 1.97 bits per heavy atom. The fourth-order valence-electron chi connectivity index (χ4n) is 2.79. The quantitative estimate of drug-likeness (QED) is 0.195. The molecule has 1 heterocycles. The number of aromatic nitrogens is 1. The normalized spacial score (nSPS) is 10.9. The number of hydrogen-bond donors (Lipinski definition) is 1. The van der Waals surface area contributed by atoms with Gasteiger partial charge in [0.1, 0.15) is 6.61 Å². The van der Waals surface area contributed by atoms with Crippen LogP contribution in [0, 0.1) is 0 Å². The maximum Gasteiger partial charge on any atom is 0.311 e. The van der Waals surface area contributed by atoms with Gasteiger partial charge in [-0.05, 0) is 37.6 Å². The number of nitrogens with zero attached hydrogens (tertiary/aromatic N) is 2. The molecule has 174 valence electrons. The fourth-order valence-corrected chi connectivity index (χ4v) is 3.92. The number of ether oxygens (including phenoxy) is 3. The van der Waals surface area contributed by atoms with Gasteiger partial charge in [0, 0.05) is 16.0 Å². The average molecular weight is 508 g/mol. The Bertz CT molecular complexity index is 1120. The van der Waals surface area contributed by atoms with Gasteiger partial charge in [0.05, 0.1) is 36.6 Å². The molecule has 0 amide bonds. The maximum absolute atomic E-state index is 11.6. The van der Waals surface area contributed by atoms with E-state index in [1.165, 1.54) is 11.3 Å². The summed E-state index contributed by atoms with van der Waals surface area (Å²) in [4.78, 5) is 15.9. The Morgan fingerprint density at radius 3 is 2.73 bits per heavy atom. The molecule has 0 aliphatic rings. The molecule has 1 N–H and O–H groups in total. The molecule has 1 aromatic heterocycles. The number of hydrazone groups is 1. The lowest BCUT2D eigenvalue weighted by Gasteiger charge is -2.15. The Balaban J connectivity index is 1.67. The zero-order valence-corrected chi connectivity index (χ0v) is 20.5. The van der Waals surface area contributed by atoms with Gasteiger partial charge in [-0.2, -0.15) is 5.10 Å². The molecule has 0 aliphatic heterocycles. The third-order valence-electron chi connectivity index (χ3n) is 4.22. The smallest absolute Gasteiger partial charge is 0.311 e. The second kappa shape index (κ2) is 12.4. The second-order valence-corrected chi connectivity index (χ2v) is 8.31. The van der Waals surface area contributed by atoms with Crippen molar-refractivity contribution in [3.63, 3.8) is 0 Å². The van der Waals surface area contributed by atoms with E-state index >= 15 is 0 Å². The lowest BCUT2D eigenvalue weighted by molar-refractivity contribution is -0.142. The molecule has 7 nitrogen and oxygen atoms in total. The zero-order chi connectivity index (χ0) is 23.6. The number of rotatable bonds is 11. The monoisotopic (exact) mass is 507 g/mol. The Morgan fingerprint density at radius 1 is 1.15 bits per heavy atom. The SMILES string of the molecule is CCOC(=O)Cc1csc(NN=Cc2cc(Cl)c(OCc3ccccc3Cl)c(OCC)c2)n1. The van der Waals surface area contributed by atoms with Crippen molar-refractivity contribution in [1.29, 1.82) is 0 Å². The molecule has 0 fully saturated rings. The standard InChI is InChI=1S/C23H23Cl2N3O4S/c1-3-30-20-10-15(9-19(25)22(20)32-13-16-7-5-6-8-18(16)24)12-26-28-23-27-17(14-33-23)11-21(29)31-4-2/h5-10,12,14H,3-4,11,13H2,1-2H3,(H,27,28). The minimum Gasteiger partial charge on any atom is -0.490 e. The Kier molecular flexibility index (Phi) is 9.35. The number of thiazole rings is 1. The predicted octanol–water partition coefficient (Wildman–Crippen LogP) is 5.98. The van der Waals surface area contributed by atoms with E-state index in [0.29, 0.717) is 51.1 Å². The van der Waals surface area contributed by atoms with Crippen LogP contribution >= 0.6 is 34.5 Å². The van der Waals surface area contributed by atoms with Crippen molar-refractivity contribution in [1.82, 2.24) is 4.98 Å². The zero-order valence-electron chi connectivity index (χ0n) is 18.1. The van der Waals surface area contributed by atoms with E-state index in [9.17, 15) is 4.79 Å². The van der Waals surface area contributed by atoms with E-state index < -0.39 is 0 Å². The number of anilines is 1. The largest absolute Gasteiger partial charge is 0.490 e. The third-order valence-corrected chi connectivity index (χ3v) is 5.66. The van der Waals surface area contributed by atoms with Crippen molar-refractivity contribution >= 4 is 51.9 Å². The molecule has 0 aliphatic carbocycles. The molecule has 10 heteroatoms. The molecular formula is C23H23Cl2N3O4S. The van der Waals surface area contributed by atoms with Gasteiger partial charge >= 0.3 is 5.97 Å². The molecule has 0 spiro atoms. The first-order valence-electron chi connectivity index (χ1n) is 10.2. The molecule has 3 rings (SSSR count). The highest BCUT2D eigenvalue weighted by Crippen LogP contribution is 2.37. The first-order valence-corrected chi connectivity index (χ1v) is 11.8. The molecule has 33 heavy (non-hydrogen) atoms. The fraction of sp³-hybridized carbons (Fsp3) is 0.261. The van der Waals surface area contributed by atoms with Crippen molar-refractivity contribution in [2.45, 2.75) is 26.9 Å². The Hall–Kier alpha value is -2.81. The highest BCUT2D eigenvalue weighted by atomic mass is 35.5. The molecule has 0 atom stereocenters. The molecule has 0 saturated heterocycles. The first-order chi connectivity index (χ1) is 16.0. The third kappa shape index (κ3) is 7.35. The van der Waals surface area contributed by atoms with E-state index in [-0.39, 0.29) is 19.0 Å². The van der Waals surface area contributed by atoms with Crippen molar-refractivity contribution in [3.8, 4) is 11.5 Å². The summed E-state index contributed by atoms with van der Waals surface area (Å²) in [6.07, 6.45) is 1.72. The van der Waals surface area contributed by atoms with Crippen LogP contribution in [0.15, 0.2) is 46.9 Å². The summed E-state index contributed by atoms with van der Waals surface area (Å²) in [5.41, 5.74) is 5.03. The lowest BCUT2D eigenvalue weighted by Crippen LogP contribution is -2.07. The summed E-state index contributed by atoms with van der Waals surface area (Å²) in [6, 6.07) is 11.0. The van der Waals surface area contributed by atoms with E-state index in [1.54, 1.807) is 36.7 Å². The minimum absolute atomic E-state index is 0.124. The first kappa shape index (κ1) is 24.8. The Labute approximate surface area is 206 Å². The second-order valence-electron chi connectivity index (χ2n) is 6.64. The summed E-state index contributed by atoms with van der Waals surface area (Å²) in [5, 5.41) is 7.55. The molecular weight excluding hydrogens is 485 g/mol. The summed E-state index contributed by atoms with van der Waals surface area (Å²) >= 11 is 14.0. The minimum atomic E-state index is -0.312. The molecule has 0 bridgehead atoms. The van der Waals surface area contributed by atoms with Crippen LogP contribution in [0.1, 0.15) is 30.7 Å². The van der Waals surface area contributed by atoms with Gasteiger partial charge in [0.25, 0.3) is 0 Å². The molecule has 0 radical (unpaired) electrons. The van der Waals surface area contributed by atoms with Gasteiger partial charge in [0.2, 0.25) is 5.13 Å². The van der Waals surface area contributed by atoms with Crippen molar-refractivity contribution in [3.05, 3.63) is 68.6 Å². The summed E-state index contributed by atoms with van der Waals surface area (Å²) < 4.78 is 16.6. The average Bonchev–Trinajstić information content (AvgIpc) is 3.21. The summed E-state index contributed by atoms with van der Waals surface area (Å²) in [6.45, 7) is 4.69. The molecule has 3 aromatic rings. The maximum atomic E-state index is 11.6. The van der Waals surface area contributed by atoms with Crippen LogP contribution in [0.5, 0.6) is 11.5 Å². The van der Waals surface area contributed by atoms with Crippen LogP contribution in [0.25, 0.3) is 0 Å². The summed E-state index contributed by atoms with van der Waals surface area (Å²) in [5.74, 6) is 0.629. The number of carbonyl (C=O) groups excluding carboxylic acids is 1. The number of hydrogen-bond acceptors (Lipinski definition) is 8. The number of halogens is 2. The highest BCUT2D eigenvalue weighted by Gasteiger charge is 2.13. The predicted molar refractivity (Wildman–Crippen MR) is 132 cm³/mol. The van der Waals surface area contributed by atoms with Gasteiger partial charge in [0.15, 0.2) is 11.5 Å².